The second kappa shape index (κ2) is 5.97. The normalized spacial score (nSPS) is 12.2. The Balaban J connectivity index is 4.00. The number of aliphatic carboxylic acids is 1. The van der Waals surface area contributed by atoms with Crippen molar-refractivity contribution in [3.05, 3.63) is 0 Å². The molecule has 0 aliphatic heterocycles. The molecule has 100 valence electrons. The van der Waals surface area contributed by atoms with Crippen molar-refractivity contribution in [2.75, 3.05) is 12.3 Å². The zero-order chi connectivity index (χ0) is 13.7. The van der Waals surface area contributed by atoms with Gasteiger partial charge in [-0.05, 0) is 20.8 Å². The first-order valence-corrected chi connectivity index (χ1v) is 6.67. The molecule has 17 heavy (non-hydrogen) atoms. The maximum atomic E-state index is 11.3. The van der Waals surface area contributed by atoms with Crippen LogP contribution < -0.4 is 10.0 Å². The zero-order valence-corrected chi connectivity index (χ0v) is 10.9. The lowest BCUT2D eigenvalue weighted by atomic mass is 10.1. The Morgan fingerprint density at radius 1 is 1.24 bits per heavy atom. The van der Waals surface area contributed by atoms with Gasteiger partial charge in [-0.15, -0.1) is 0 Å². The number of hydrogen-bond acceptors (Lipinski definition) is 4. The van der Waals surface area contributed by atoms with Crippen LogP contribution in [0.15, 0.2) is 0 Å². The van der Waals surface area contributed by atoms with Gasteiger partial charge in [0, 0.05) is 18.5 Å². The molecule has 0 spiro atoms. The summed E-state index contributed by atoms with van der Waals surface area (Å²) in [6.07, 6.45) is -0.0316. The van der Waals surface area contributed by atoms with Crippen LogP contribution in [0, 0.1) is 0 Å². The first kappa shape index (κ1) is 15.9. The van der Waals surface area contributed by atoms with E-state index in [9.17, 15) is 18.0 Å². The van der Waals surface area contributed by atoms with Gasteiger partial charge in [-0.3, -0.25) is 9.59 Å². The van der Waals surface area contributed by atoms with Crippen molar-refractivity contribution in [3.63, 3.8) is 0 Å². The summed E-state index contributed by atoms with van der Waals surface area (Å²) in [5.74, 6) is -2.72. The monoisotopic (exact) mass is 266 g/mol. The molecule has 8 heteroatoms. The van der Waals surface area contributed by atoms with E-state index in [4.69, 9.17) is 5.11 Å². The number of carbonyl (C=O) groups is 2. The molecule has 0 heterocycles. The van der Waals surface area contributed by atoms with E-state index in [-0.39, 0.29) is 24.4 Å². The van der Waals surface area contributed by atoms with Gasteiger partial charge in [0.1, 0.15) is 0 Å². The Labute approximate surface area is 101 Å². The molecular weight excluding hydrogens is 248 g/mol. The van der Waals surface area contributed by atoms with E-state index in [0.29, 0.717) is 0 Å². The van der Waals surface area contributed by atoms with E-state index in [0.717, 1.165) is 0 Å². The smallest absolute Gasteiger partial charge is 0.320 e. The molecule has 0 fully saturated rings. The molecule has 0 unspecified atom stereocenters. The Hall–Kier alpha value is -1.15. The summed E-state index contributed by atoms with van der Waals surface area (Å²) in [6, 6.07) is 0. The van der Waals surface area contributed by atoms with E-state index in [2.05, 4.69) is 5.32 Å². The van der Waals surface area contributed by atoms with E-state index in [1.165, 1.54) is 0 Å². The molecule has 0 atom stereocenters. The largest absolute Gasteiger partial charge is 0.480 e. The number of rotatable bonds is 6. The van der Waals surface area contributed by atoms with Crippen molar-refractivity contribution in [2.45, 2.75) is 32.7 Å². The molecule has 0 aromatic heterocycles. The maximum Gasteiger partial charge on any atom is 0.320 e. The van der Waals surface area contributed by atoms with Crippen LogP contribution in [0.3, 0.4) is 0 Å². The standard InChI is InChI=1S/C9H18N2O5S/c1-9(2,3)11-7(12)4-5-10-17(15,16)6-8(13)14/h10H,4-6H2,1-3H3,(H,11,12)(H,13,14). The summed E-state index contributed by atoms with van der Waals surface area (Å²) >= 11 is 0. The lowest BCUT2D eigenvalue weighted by Crippen LogP contribution is -2.42. The Morgan fingerprint density at radius 2 is 1.76 bits per heavy atom. The van der Waals surface area contributed by atoms with Gasteiger partial charge >= 0.3 is 5.97 Å². The summed E-state index contributed by atoms with van der Waals surface area (Å²) in [6.45, 7) is 5.30. The predicted molar refractivity (Wildman–Crippen MR) is 61.9 cm³/mol. The molecule has 1 amide bonds. The summed E-state index contributed by atoms with van der Waals surface area (Å²) in [5.41, 5.74) is -0.378. The quantitative estimate of drug-likeness (QED) is 0.588. The van der Waals surface area contributed by atoms with Crippen molar-refractivity contribution < 1.29 is 23.1 Å². The Morgan fingerprint density at radius 3 is 2.18 bits per heavy atom. The first-order chi connectivity index (χ1) is 7.52. The van der Waals surface area contributed by atoms with Crippen LogP contribution in [0.2, 0.25) is 0 Å². The van der Waals surface area contributed by atoms with Crippen molar-refractivity contribution >= 4 is 21.9 Å². The minimum Gasteiger partial charge on any atom is -0.480 e. The minimum absolute atomic E-state index is 0.0316. The second-order valence-corrected chi connectivity index (χ2v) is 6.40. The van der Waals surface area contributed by atoms with E-state index >= 15 is 0 Å². The first-order valence-electron chi connectivity index (χ1n) is 5.02. The Kier molecular flexibility index (Phi) is 5.56. The van der Waals surface area contributed by atoms with Crippen LogP contribution in [0.1, 0.15) is 27.2 Å². The molecule has 0 aromatic carbocycles. The molecule has 0 radical (unpaired) electrons. The third kappa shape index (κ3) is 9.76. The number of sulfonamides is 1. The lowest BCUT2D eigenvalue weighted by Gasteiger charge is -2.20. The summed E-state index contributed by atoms with van der Waals surface area (Å²) in [7, 11) is -3.85. The minimum atomic E-state index is -3.85. The fourth-order valence-corrected chi connectivity index (χ4v) is 1.85. The summed E-state index contributed by atoms with van der Waals surface area (Å²) < 4.78 is 24.2. The van der Waals surface area contributed by atoms with Crippen LogP contribution in [0.5, 0.6) is 0 Å². The van der Waals surface area contributed by atoms with Crippen molar-refractivity contribution in [1.29, 1.82) is 0 Å². The van der Waals surface area contributed by atoms with Gasteiger partial charge in [0.15, 0.2) is 5.75 Å². The average Bonchev–Trinajstić information content (AvgIpc) is 1.95. The highest BCUT2D eigenvalue weighted by atomic mass is 32.2. The molecule has 0 saturated heterocycles. The molecule has 0 aromatic rings. The highest BCUT2D eigenvalue weighted by Gasteiger charge is 2.17. The zero-order valence-electron chi connectivity index (χ0n) is 10.1. The van der Waals surface area contributed by atoms with Gasteiger partial charge in [-0.25, -0.2) is 13.1 Å². The predicted octanol–water partition coefficient (Wildman–Crippen LogP) is -0.705. The van der Waals surface area contributed by atoms with Gasteiger partial charge in [0.05, 0.1) is 0 Å². The fraction of sp³-hybridized carbons (Fsp3) is 0.778. The second-order valence-electron chi connectivity index (χ2n) is 4.60. The number of carboxylic acid groups (broad SMARTS) is 1. The fourth-order valence-electron chi connectivity index (χ4n) is 1.01. The van der Waals surface area contributed by atoms with Crippen LogP contribution in [0.25, 0.3) is 0 Å². The van der Waals surface area contributed by atoms with Gasteiger partial charge in [-0.1, -0.05) is 0 Å². The number of carbonyl (C=O) groups excluding carboxylic acids is 1. The van der Waals surface area contributed by atoms with Crippen LogP contribution >= 0.6 is 0 Å². The molecular formula is C9H18N2O5S. The highest BCUT2D eigenvalue weighted by Crippen LogP contribution is 1.98. The van der Waals surface area contributed by atoms with Crippen LogP contribution in [-0.4, -0.2) is 43.2 Å². The van der Waals surface area contributed by atoms with Crippen molar-refractivity contribution in [1.82, 2.24) is 10.0 Å². The summed E-state index contributed by atoms with van der Waals surface area (Å²) in [4.78, 5) is 21.5. The van der Waals surface area contributed by atoms with Gasteiger partial charge < -0.3 is 10.4 Å². The molecule has 0 bridgehead atoms. The highest BCUT2D eigenvalue weighted by molar-refractivity contribution is 7.90. The SMILES string of the molecule is CC(C)(C)NC(=O)CCNS(=O)(=O)CC(=O)O. The summed E-state index contributed by atoms with van der Waals surface area (Å²) in [5, 5.41) is 11.0. The number of carboxylic acids is 1. The third-order valence-electron chi connectivity index (χ3n) is 1.50. The van der Waals surface area contributed by atoms with Gasteiger partial charge in [0.2, 0.25) is 15.9 Å². The molecule has 0 aliphatic carbocycles. The number of nitrogens with one attached hydrogen (secondary N) is 2. The molecule has 3 N–H and O–H groups in total. The van der Waals surface area contributed by atoms with Gasteiger partial charge in [0.25, 0.3) is 0 Å². The maximum absolute atomic E-state index is 11.3. The number of amides is 1. The van der Waals surface area contributed by atoms with E-state index in [1.54, 1.807) is 20.8 Å². The topological polar surface area (TPSA) is 113 Å². The Bertz CT molecular complexity index is 383. The molecule has 0 rings (SSSR count). The molecule has 7 nitrogen and oxygen atoms in total. The van der Waals surface area contributed by atoms with E-state index < -0.39 is 21.7 Å². The van der Waals surface area contributed by atoms with Crippen LogP contribution in [-0.2, 0) is 19.6 Å². The van der Waals surface area contributed by atoms with E-state index in [1.807, 2.05) is 4.72 Å². The van der Waals surface area contributed by atoms with Crippen LogP contribution in [0.4, 0.5) is 0 Å². The van der Waals surface area contributed by atoms with Gasteiger partial charge in [-0.2, -0.15) is 0 Å². The van der Waals surface area contributed by atoms with Crippen molar-refractivity contribution in [3.8, 4) is 0 Å². The van der Waals surface area contributed by atoms with Crippen molar-refractivity contribution in [2.24, 2.45) is 0 Å². The lowest BCUT2D eigenvalue weighted by molar-refractivity contribution is -0.134. The molecule has 0 saturated carbocycles. The third-order valence-corrected chi connectivity index (χ3v) is 2.77. The molecule has 0 aliphatic rings. The number of hydrogen-bond donors (Lipinski definition) is 3. The average molecular weight is 266 g/mol.